The monoisotopic (exact) mass is 439 g/mol. The van der Waals surface area contributed by atoms with E-state index in [2.05, 4.69) is 4.98 Å². The van der Waals surface area contributed by atoms with E-state index in [1.165, 1.54) is 6.07 Å². The molecule has 2 aromatic rings. The molecule has 1 N–H and O–H groups in total. The van der Waals surface area contributed by atoms with Gasteiger partial charge in [-0.3, -0.25) is 14.4 Å². The van der Waals surface area contributed by atoms with Crippen molar-refractivity contribution in [1.82, 2.24) is 4.98 Å². The van der Waals surface area contributed by atoms with E-state index < -0.39 is 17.7 Å². The fraction of sp³-hybridized carbons (Fsp3) is 0.429. The number of nitrogens with zero attached hydrogens (tertiary/aromatic N) is 1. The molecule has 0 amide bonds. The Hall–Kier alpha value is -2.55. The molecule has 0 aliphatic heterocycles. The minimum Gasteiger partial charge on any atom is -0.481 e. The topological polar surface area (TPSA) is 84.3 Å². The van der Waals surface area contributed by atoms with Crippen LogP contribution in [0, 0.1) is 5.92 Å². The summed E-state index contributed by atoms with van der Waals surface area (Å²) in [6.45, 7) is 0. The largest absolute Gasteiger partial charge is 0.481 e. The SMILES string of the molecule is O=C(O)Cc1csc(CC(=O)Cc2ccc(C(F)(F)F)cc2C(=O)C2CCCC2)n1. The summed E-state index contributed by atoms with van der Waals surface area (Å²) in [4.78, 5) is 40.2. The van der Waals surface area contributed by atoms with Crippen LogP contribution < -0.4 is 0 Å². The molecule has 30 heavy (non-hydrogen) atoms. The highest BCUT2D eigenvalue weighted by atomic mass is 32.1. The molecule has 9 heteroatoms. The lowest BCUT2D eigenvalue weighted by atomic mass is 9.89. The summed E-state index contributed by atoms with van der Waals surface area (Å²) >= 11 is 1.16. The first-order valence-electron chi connectivity index (χ1n) is 9.54. The van der Waals surface area contributed by atoms with Gasteiger partial charge in [0.15, 0.2) is 5.78 Å². The zero-order chi connectivity index (χ0) is 21.9. The molecule has 1 aliphatic rings. The number of carboxylic acid groups (broad SMARTS) is 1. The standard InChI is InChI=1S/C21H20F3NO4S/c22-21(23,24)14-6-5-13(17(8-14)20(29)12-3-1-2-4-12)7-16(26)10-18-25-15(11-30-18)9-19(27)28/h5-6,8,11-12H,1-4,7,9-10H2,(H,27,28). The van der Waals surface area contributed by atoms with E-state index in [1.807, 2.05) is 0 Å². The highest BCUT2D eigenvalue weighted by Gasteiger charge is 2.33. The Labute approximate surface area is 174 Å². The van der Waals surface area contributed by atoms with Crippen LogP contribution in [-0.4, -0.2) is 27.6 Å². The predicted octanol–water partition coefficient (Wildman–Crippen LogP) is 4.52. The maximum atomic E-state index is 13.2. The molecule has 160 valence electrons. The summed E-state index contributed by atoms with van der Waals surface area (Å²) < 4.78 is 39.5. The first kappa shape index (κ1) is 22.1. The molecule has 0 atom stereocenters. The van der Waals surface area contributed by atoms with E-state index >= 15 is 0 Å². The van der Waals surface area contributed by atoms with E-state index in [-0.39, 0.29) is 47.9 Å². The molecule has 3 rings (SSSR count). The van der Waals surface area contributed by atoms with Crippen molar-refractivity contribution in [2.75, 3.05) is 0 Å². The third-order valence-electron chi connectivity index (χ3n) is 5.10. The minimum absolute atomic E-state index is 0.0317. The zero-order valence-electron chi connectivity index (χ0n) is 16.0. The van der Waals surface area contributed by atoms with E-state index in [0.29, 0.717) is 23.5 Å². The van der Waals surface area contributed by atoms with Gasteiger partial charge in [-0.05, 0) is 30.5 Å². The van der Waals surface area contributed by atoms with Crippen LogP contribution >= 0.6 is 11.3 Å². The van der Waals surface area contributed by atoms with Crippen LogP contribution in [0.2, 0.25) is 0 Å². The van der Waals surface area contributed by atoms with Gasteiger partial charge < -0.3 is 5.11 Å². The summed E-state index contributed by atoms with van der Waals surface area (Å²) in [5, 5.41) is 10.8. The normalized spacial score (nSPS) is 14.8. The number of benzene rings is 1. The van der Waals surface area contributed by atoms with Gasteiger partial charge in [0.1, 0.15) is 10.8 Å². The molecule has 0 spiro atoms. The number of hydrogen-bond donors (Lipinski definition) is 1. The Morgan fingerprint density at radius 3 is 2.43 bits per heavy atom. The molecule has 1 aliphatic carbocycles. The fourth-order valence-electron chi connectivity index (χ4n) is 3.65. The molecule has 0 bridgehead atoms. The number of carbonyl (C=O) groups excluding carboxylic acids is 2. The van der Waals surface area contributed by atoms with Crippen molar-refractivity contribution >= 4 is 28.9 Å². The Balaban J connectivity index is 1.79. The Morgan fingerprint density at radius 2 is 1.80 bits per heavy atom. The predicted molar refractivity (Wildman–Crippen MR) is 104 cm³/mol. The Bertz CT molecular complexity index is 961. The molecular formula is C21H20F3NO4S. The third kappa shape index (κ3) is 5.53. The molecule has 0 unspecified atom stereocenters. The second kappa shape index (κ2) is 9.07. The number of carboxylic acids is 1. The summed E-state index contributed by atoms with van der Waals surface area (Å²) in [5.74, 6) is -1.97. The van der Waals surface area contributed by atoms with E-state index in [4.69, 9.17) is 5.11 Å². The Kier molecular flexibility index (Phi) is 6.70. The summed E-state index contributed by atoms with van der Waals surface area (Å²) in [6, 6.07) is 2.96. The zero-order valence-corrected chi connectivity index (χ0v) is 16.8. The maximum absolute atomic E-state index is 13.2. The average molecular weight is 439 g/mol. The first-order chi connectivity index (χ1) is 14.1. The van der Waals surface area contributed by atoms with Crippen molar-refractivity contribution in [1.29, 1.82) is 0 Å². The van der Waals surface area contributed by atoms with Crippen LogP contribution in [0.3, 0.4) is 0 Å². The highest BCUT2D eigenvalue weighted by molar-refractivity contribution is 7.09. The summed E-state index contributed by atoms with van der Waals surface area (Å²) in [5.41, 5.74) is -0.303. The number of aliphatic carboxylic acids is 1. The number of ketones is 2. The quantitative estimate of drug-likeness (QED) is 0.612. The van der Waals surface area contributed by atoms with Gasteiger partial charge in [0, 0.05) is 23.3 Å². The maximum Gasteiger partial charge on any atom is 0.416 e. The number of thiazole rings is 1. The van der Waals surface area contributed by atoms with Crippen molar-refractivity contribution in [3.63, 3.8) is 0 Å². The second-order valence-corrected chi connectivity index (χ2v) is 8.35. The lowest BCUT2D eigenvalue weighted by Crippen LogP contribution is -2.18. The molecule has 1 heterocycles. The van der Waals surface area contributed by atoms with Crippen molar-refractivity contribution in [2.24, 2.45) is 5.92 Å². The summed E-state index contributed by atoms with van der Waals surface area (Å²) in [6.07, 6.45) is -2.04. The van der Waals surface area contributed by atoms with E-state index in [1.54, 1.807) is 5.38 Å². The molecule has 1 aromatic carbocycles. The highest BCUT2D eigenvalue weighted by Crippen LogP contribution is 2.34. The van der Waals surface area contributed by atoms with Gasteiger partial charge in [0.2, 0.25) is 0 Å². The Morgan fingerprint density at radius 1 is 1.10 bits per heavy atom. The van der Waals surface area contributed by atoms with Crippen molar-refractivity contribution in [2.45, 2.75) is 51.1 Å². The number of alkyl halides is 3. The molecular weight excluding hydrogens is 419 g/mol. The van der Waals surface area contributed by atoms with Gasteiger partial charge in [0.25, 0.3) is 0 Å². The van der Waals surface area contributed by atoms with Crippen molar-refractivity contribution < 1.29 is 32.7 Å². The lowest BCUT2D eigenvalue weighted by molar-refractivity contribution is -0.138. The van der Waals surface area contributed by atoms with Gasteiger partial charge in [-0.2, -0.15) is 13.2 Å². The molecule has 0 saturated heterocycles. The van der Waals surface area contributed by atoms with Gasteiger partial charge in [0.05, 0.1) is 24.1 Å². The van der Waals surface area contributed by atoms with Crippen molar-refractivity contribution in [3.05, 3.63) is 51.0 Å². The number of aromatic nitrogens is 1. The van der Waals surface area contributed by atoms with Crippen LogP contribution in [0.5, 0.6) is 0 Å². The molecule has 0 radical (unpaired) electrons. The van der Waals surface area contributed by atoms with Gasteiger partial charge in [-0.25, -0.2) is 4.98 Å². The third-order valence-corrected chi connectivity index (χ3v) is 5.99. The van der Waals surface area contributed by atoms with Gasteiger partial charge >= 0.3 is 12.1 Å². The molecule has 1 aromatic heterocycles. The number of carbonyl (C=O) groups is 3. The molecule has 1 fully saturated rings. The van der Waals surface area contributed by atoms with Crippen LogP contribution in [0.4, 0.5) is 13.2 Å². The number of Topliss-reactive ketones (excluding diaryl/α,β-unsaturated/α-hetero) is 2. The van der Waals surface area contributed by atoms with Crippen LogP contribution in [0.15, 0.2) is 23.6 Å². The van der Waals surface area contributed by atoms with Gasteiger partial charge in [-0.1, -0.05) is 18.9 Å². The van der Waals surface area contributed by atoms with Crippen LogP contribution in [-0.2, 0) is 35.0 Å². The minimum atomic E-state index is -4.57. The van der Waals surface area contributed by atoms with E-state index in [9.17, 15) is 27.6 Å². The fourth-order valence-corrected chi connectivity index (χ4v) is 4.48. The van der Waals surface area contributed by atoms with Crippen LogP contribution in [0.25, 0.3) is 0 Å². The molecule has 1 saturated carbocycles. The first-order valence-corrected chi connectivity index (χ1v) is 10.4. The van der Waals surface area contributed by atoms with Gasteiger partial charge in [-0.15, -0.1) is 11.3 Å². The number of hydrogen-bond acceptors (Lipinski definition) is 5. The number of rotatable bonds is 8. The summed E-state index contributed by atoms with van der Waals surface area (Å²) in [7, 11) is 0. The van der Waals surface area contributed by atoms with Crippen LogP contribution in [0.1, 0.15) is 57.9 Å². The number of halogens is 3. The lowest BCUT2D eigenvalue weighted by Gasteiger charge is -2.15. The second-order valence-electron chi connectivity index (χ2n) is 7.41. The van der Waals surface area contributed by atoms with Crippen molar-refractivity contribution in [3.8, 4) is 0 Å². The molecule has 5 nitrogen and oxygen atoms in total. The average Bonchev–Trinajstić information content (AvgIpc) is 3.32. The van der Waals surface area contributed by atoms with E-state index in [0.717, 1.165) is 36.3 Å². The smallest absolute Gasteiger partial charge is 0.416 e.